The maximum Gasteiger partial charge on any atom is 0.120 e. The quantitative estimate of drug-likeness (QED) is 0.841. The first-order valence-electron chi connectivity index (χ1n) is 5.84. The Morgan fingerprint density at radius 2 is 1.94 bits per heavy atom. The molecule has 1 atom stereocenters. The second kappa shape index (κ2) is 4.77. The van der Waals surface area contributed by atoms with E-state index < -0.39 is 0 Å². The fourth-order valence-electron chi connectivity index (χ4n) is 1.50. The van der Waals surface area contributed by atoms with E-state index >= 15 is 0 Å². The molecule has 0 bridgehead atoms. The van der Waals surface area contributed by atoms with Gasteiger partial charge in [-0.1, -0.05) is 27.7 Å². The predicted molar refractivity (Wildman–Crippen MR) is 67.2 cm³/mol. The molecule has 0 fully saturated rings. The molecule has 90 valence electrons. The fraction of sp³-hybridized carbons (Fsp3) is 0.571. The van der Waals surface area contributed by atoms with Crippen LogP contribution >= 0.6 is 0 Å². The first-order valence-corrected chi connectivity index (χ1v) is 5.84. The third-order valence-corrected chi connectivity index (χ3v) is 2.69. The molecule has 0 heterocycles. The van der Waals surface area contributed by atoms with E-state index in [1.807, 2.05) is 19.1 Å². The highest BCUT2D eigenvalue weighted by Crippen LogP contribution is 2.33. The molecule has 1 aromatic carbocycles. The molecule has 2 heteroatoms. The number of ether oxygens (including phenoxy) is 1. The summed E-state index contributed by atoms with van der Waals surface area (Å²) in [5.41, 5.74) is 0.854. The highest BCUT2D eigenvalue weighted by atomic mass is 16.5. The third-order valence-electron chi connectivity index (χ3n) is 2.69. The molecule has 0 aromatic heterocycles. The lowest BCUT2D eigenvalue weighted by Crippen LogP contribution is -2.13. The molecule has 0 aliphatic rings. The van der Waals surface area contributed by atoms with Crippen molar-refractivity contribution in [2.75, 3.05) is 0 Å². The van der Waals surface area contributed by atoms with Gasteiger partial charge in [-0.05, 0) is 37.0 Å². The van der Waals surface area contributed by atoms with Gasteiger partial charge < -0.3 is 9.84 Å². The van der Waals surface area contributed by atoms with Gasteiger partial charge in [-0.15, -0.1) is 0 Å². The smallest absolute Gasteiger partial charge is 0.120 e. The highest BCUT2D eigenvalue weighted by molar-refractivity contribution is 5.43. The van der Waals surface area contributed by atoms with E-state index in [-0.39, 0.29) is 11.5 Å². The standard InChI is InChI=1S/C14H22O2/c1-6-10(2)16-11-7-8-13(15)12(9-11)14(3,4)5/h7-10,15H,6H2,1-5H3. The van der Waals surface area contributed by atoms with Crippen LogP contribution in [0.15, 0.2) is 18.2 Å². The zero-order chi connectivity index (χ0) is 12.3. The van der Waals surface area contributed by atoms with Crippen molar-refractivity contribution in [1.82, 2.24) is 0 Å². The average molecular weight is 222 g/mol. The molecule has 16 heavy (non-hydrogen) atoms. The minimum atomic E-state index is -0.0705. The topological polar surface area (TPSA) is 29.5 Å². The monoisotopic (exact) mass is 222 g/mol. The van der Waals surface area contributed by atoms with Gasteiger partial charge in [0.2, 0.25) is 0 Å². The molecular weight excluding hydrogens is 200 g/mol. The van der Waals surface area contributed by atoms with Gasteiger partial charge in [-0.3, -0.25) is 0 Å². The van der Waals surface area contributed by atoms with E-state index in [2.05, 4.69) is 27.7 Å². The maximum atomic E-state index is 9.81. The van der Waals surface area contributed by atoms with E-state index in [0.29, 0.717) is 5.75 Å². The summed E-state index contributed by atoms with van der Waals surface area (Å²) in [6, 6.07) is 5.45. The SMILES string of the molecule is CCC(C)Oc1ccc(O)c(C(C)(C)C)c1. The lowest BCUT2D eigenvalue weighted by molar-refractivity contribution is 0.216. The summed E-state index contributed by atoms with van der Waals surface area (Å²) in [6.07, 6.45) is 1.18. The van der Waals surface area contributed by atoms with Gasteiger partial charge in [0.05, 0.1) is 6.10 Å². The van der Waals surface area contributed by atoms with Crippen LogP contribution in [-0.4, -0.2) is 11.2 Å². The van der Waals surface area contributed by atoms with Gasteiger partial charge in [0.25, 0.3) is 0 Å². The Morgan fingerprint density at radius 1 is 1.31 bits per heavy atom. The van der Waals surface area contributed by atoms with Gasteiger partial charge in [-0.2, -0.15) is 0 Å². The molecule has 1 aromatic rings. The molecule has 2 nitrogen and oxygen atoms in total. The lowest BCUT2D eigenvalue weighted by atomic mass is 9.86. The molecule has 0 spiro atoms. The summed E-state index contributed by atoms with van der Waals surface area (Å²) in [5, 5.41) is 9.81. The van der Waals surface area contributed by atoms with Crippen LogP contribution in [0.1, 0.15) is 46.6 Å². The van der Waals surface area contributed by atoms with Crippen molar-refractivity contribution in [2.45, 2.75) is 52.6 Å². The average Bonchev–Trinajstić information content (AvgIpc) is 2.19. The van der Waals surface area contributed by atoms with E-state index in [1.54, 1.807) is 6.07 Å². The van der Waals surface area contributed by atoms with Gasteiger partial charge in [0, 0.05) is 5.56 Å². The van der Waals surface area contributed by atoms with Gasteiger partial charge >= 0.3 is 0 Å². The Bertz CT molecular complexity index is 350. The summed E-state index contributed by atoms with van der Waals surface area (Å²) in [6.45, 7) is 10.4. The number of benzene rings is 1. The van der Waals surface area contributed by atoms with E-state index in [4.69, 9.17) is 4.74 Å². The predicted octanol–water partition coefficient (Wildman–Crippen LogP) is 3.87. The van der Waals surface area contributed by atoms with Crippen molar-refractivity contribution < 1.29 is 9.84 Å². The number of rotatable bonds is 3. The van der Waals surface area contributed by atoms with Crippen LogP contribution in [-0.2, 0) is 5.41 Å². The van der Waals surface area contributed by atoms with Crippen molar-refractivity contribution >= 4 is 0 Å². The zero-order valence-corrected chi connectivity index (χ0v) is 10.9. The Kier molecular flexibility index (Phi) is 3.84. The molecule has 0 aliphatic carbocycles. The van der Waals surface area contributed by atoms with Crippen LogP contribution in [0.3, 0.4) is 0 Å². The van der Waals surface area contributed by atoms with Crippen molar-refractivity contribution in [3.8, 4) is 11.5 Å². The van der Waals surface area contributed by atoms with Gasteiger partial charge in [-0.25, -0.2) is 0 Å². The van der Waals surface area contributed by atoms with E-state index in [1.165, 1.54) is 0 Å². The minimum Gasteiger partial charge on any atom is -0.508 e. The molecule has 0 saturated heterocycles. The van der Waals surface area contributed by atoms with E-state index in [0.717, 1.165) is 17.7 Å². The van der Waals surface area contributed by atoms with Crippen LogP contribution in [0.2, 0.25) is 0 Å². The van der Waals surface area contributed by atoms with E-state index in [9.17, 15) is 5.11 Å². The van der Waals surface area contributed by atoms with Gasteiger partial charge in [0.15, 0.2) is 0 Å². The Balaban J connectivity index is 2.99. The number of hydrogen-bond donors (Lipinski definition) is 1. The number of aromatic hydroxyl groups is 1. The number of phenolic OH excluding ortho intramolecular Hbond substituents is 1. The molecular formula is C14H22O2. The van der Waals surface area contributed by atoms with Crippen molar-refractivity contribution in [3.63, 3.8) is 0 Å². The van der Waals surface area contributed by atoms with Crippen molar-refractivity contribution in [1.29, 1.82) is 0 Å². The number of hydrogen-bond acceptors (Lipinski definition) is 2. The highest BCUT2D eigenvalue weighted by Gasteiger charge is 2.19. The summed E-state index contributed by atoms with van der Waals surface area (Å²) in [7, 11) is 0. The molecule has 0 saturated carbocycles. The zero-order valence-electron chi connectivity index (χ0n) is 10.9. The summed E-state index contributed by atoms with van der Waals surface area (Å²) < 4.78 is 5.74. The largest absolute Gasteiger partial charge is 0.508 e. The number of phenols is 1. The van der Waals surface area contributed by atoms with Crippen LogP contribution < -0.4 is 4.74 Å². The first kappa shape index (κ1) is 12.9. The normalized spacial score (nSPS) is 13.6. The molecule has 0 amide bonds. The van der Waals surface area contributed by atoms with Crippen LogP contribution in [0.25, 0.3) is 0 Å². The second-order valence-electron chi connectivity index (χ2n) is 5.27. The van der Waals surface area contributed by atoms with Crippen LogP contribution in [0.4, 0.5) is 0 Å². The van der Waals surface area contributed by atoms with Crippen molar-refractivity contribution in [2.24, 2.45) is 0 Å². The lowest BCUT2D eigenvalue weighted by Gasteiger charge is -2.22. The minimum absolute atomic E-state index is 0.0705. The molecule has 1 N–H and O–H groups in total. The third kappa shape index (κ3) is 3.16. The summed E-state index contributed by atoms with van der Waals surface area (Å²) in [4.78, 5) is 0. The Labute approximate surface area is 98.3 Å². The van der Waals surface area contributed by atoms with Gasteiger partial charge in [0.1, 0.15) is 11.5 Å². The molecule has 1 unspecified atom stereocenters. The van der Waals surface area contributed by atoms with Crippen LogP contribution in [0, 0.1) is 0 Å². The Morgan fingerprint density at radius 3 is 2.44 bits per heavy atom. The molecule has 1 rings (SSSR count). The first-order chi connectivity index (χ1) is 7.34. The van der Waals surface area contributed by atoms with Crippen LogP contribution in [0.5, 0.6) is 11.5 Å². The van der Waals surface area contributed by atoms with Crippen molar-refractivity contribution in [3.05, 3.63) is 23.8 Å². The fourth-order valence-corrected chi connectivity index (χ4v) is 1.50. The summed E-state index contributed by atoms with van der Waals surface area (Å²) in [5.74, 6) is 1.17. The Hall–Kier alpha value is -1.18. The maximum absolute atomic E-state index is 9.81. The second-order valence-corrected chi connectivity index (χ2v) is 5.27. The molecule has 0 aliphatic heterocycles. The summed E-state index contributed by atoms with van der Waals surface area (Å²) >= 11 is 0. The molecule has 0 radical (unpaired) electrons.